The average Bonchev–Trinajstić information content (AvgIpc) is 3.64. The first kappa shape index (κ1) is 23.9. The molecule has 0 aliphatic heterocycles. The average molecular weight is 486 g/mol. The summed E-state index contributed by atoms with van der Waals surface area (Å²) in [5, 5.41) is 13.2. The van der Waals surface area contributed by atoms with Gasteiger partial charge in [0.05, 0.1) is 17.6 Å². The standard InChI is InChI=1S/C28H31N5O3/c1-28(2,3)18-8-9-23-21(13-18)30-25(33(23)5)24-20(15-34)19(10-11-29-24)17-12-22(27(36)32(4)14-17)31-26(35)16-6-7-16/h8-14,16,34H,6-7,15H2,1-5H3,(H,31,35). The zero-order valence-electron chi connectivity index (χ0n) is 21.3. The number of anilines is 1. The van der Waals surface area contributed by atoms with Crippen molar-refractivity contribution in [1.82, 2.24) is 19.1 Å². The van der Waals surface area contributed by atoms with E-state index < -0.39 is 0 Å². The van der Waals surface area contributed by atoms with Gasteiger partial charge in [0.25, 0.3) is 5.56 Å². The van der Waals surface area contributed by atoms with Gasteiger partial charge >= 0.3 is 0 Å². The molecule has 0 unspecified atom stereocenters. The molecule has 0 spiro atoms. The van der Waals surface area contributed by atoms with Crippen LogP contribution in [-0.4, -0.2) is 30.1 Å². The van der Waals surface area contributed by atoms with E-state index in [9.17, 15) is 14.7 Å². The smallest absolute Gasteiger partial charge is 0.274 e. The van der Waals surface area contributed by atoms with Gasteiger partial charge in [-0.25, -0.2) is 4.98 Å². The predicted molar refractivity (Wildman–Crippen MR) is 141 cm³/mol. The highest BCUT2D eigenvalue weighted by atomic mass is 16.3. The van der Waals surface area contributed by atoms with Crippen molar-refractivity contribution in [2.24, 2.45) is 20.0 Å². The summed E-state index contributed by atoms with van der Waals surface area (Å²) >= 11 is 0. The topological polar surface area (TPSA) is 102 Å². The summed E-state index contributed by atoms with van der Waals surface area (Å²) < 4.78 is 3.43. The second-order valence-electron chi connectivity index (χ2n) is 10.6. The number of pyridine rings is 2. The van der Waals surface area contributed by atoms with Crippen LogP contribution in [0.3, 0.4) is 0 Å². The molecule has 1 saturated carbocycles. The zero-order valence-corrected chi connectivity index (χ0v) is 21.3. The van der Waals surface area contributed by atoms with Crippen molar-refractivity contribution in [3.63, 3.8) is 0 Å². The number of carbonyl (C=O) groups excluding carboxylic acids is 1. The summed E-state index contributed by atoms with van der Waals surface area (Å²) in [5.41, 5.74) is 5.57. The van der Waals surface area contributed by atoms with Crippen molar-refractivity contribution in [2.75, 3.05) is 5.32 Å². The van der Waals surface area contributed by atoms with Crippen molar-refractivity contribution >= 4 is 22.6 Å². The lowest BCUT2D eigenvalue weighted by Crippen LogP contribution is -2.25. The zero-order chi connectivity index (χ0) is 25.8. The van der Waals surface area contributed by atoms with Gasteiger partial charge in [0.1, 0.15) is 11.4 Å². The normalized spacial score (nSPS) is 13.8. The number of rotatable bonds is 5. The van der Waals surface area contributed by atoms with Gasteiger partial charge in [-0.05, 0) is 53.6 Å². The number of nitrogens with one attached hydrogen (secondary N) is 1. The molecule has 1 amide bonds. The molecule has 1 aromatic carbocycles. The van der Waals surface area contributed by atoms with Crippen molar-refractivity contribution < 1.29 is 9.90 Å². The van der Waals surface area contributed by atoms with E-state index >= 15 is 0 Å². The number of amides is 1. The fraction of sp³-hybridized carbons (Fsp3) is 0.357. The molecule has 4 aromatic rings. The molecular weight excluding hydrogens is 454 g/mol. The Morgan fingerprint density at radius 2 is 1.92 bits per heavy atom. The van der Waals surface area contributed by atoms with Crippen LogP contribution in [0.15, 0.2) is 47.5 Å². The van der Waals surface area contributed by atoms with Gasteiger partial charge in [-0.1, -0.05) is 26.8 Å². The van der Waals surface area contributed by atoms with E-state index in [1.807, 2.05) is 17.7 Å². The van der Waals surface area contributed by atoms with Crippen molar-refractivity contribution in [3.8, 4) is 22.6 Å². The molecule has 186 valence electrons. The van der Waals surface area contributed by atoms with Crippen molar-refractivity contribution in [3.05, 3.63) is 64.2 Å². The number of aromatic nitrogens is 4. The number of nitrogens with zero attached hydrogens (tertiary/aromatic N) is 4. The van der Waals surface area contributed by atoms with E-state index in [4.69, 9.17) is 4.98 Å². The highest BCUT2D eigenvalue weighted by Gasteiger charge is 2.30. The minimum atomic E-state index is -0.280. The lowest BCUT2D eigenvalue weighted by Gasteiger charge is -2.18. The van der Waals surface area contributed by atoms with Crippen molar-refractivity contribution in [2.45, 2.75) is 45.6 Å². The molecule has 0 atom stereocenters. The fourth-order valence-corrected chi connectivity index (χ4v) is 4.52. The SMILES string of the molecule is Cn1cc(-c2ccnc(-c3nc4cc(C(C)(C)C)ccc4n3C)c2CO)cc(NC(=O)C2CC2)c1=O. The largest absolute Gasteiger partial charge is 0.392 e. The maximum Gasteiger partial charge on any atom is 0.274 e. The first-order valence-corrected chi connectivity index (χ1v) is 12.2. The third-order valence-electron chi connectivity index (χ3n) is 6.87. The molecule has 8 heteroatoms. The van der Waals surface area contributed by atoms with Gasteiger partial charge in [0.2, 0.25) is 5.91 Å². The van der Waals surface area contributed by atoms with Crippen LogP contribution in [0.1, 0.15) is 44.7 Å². The van der Waals surface area contributed by atoms with E-state index in [1.165, 1.54) is 10.1 Å². The van der Waals surface area contributed by atoms with Crippen LogP contribution in [0.2, 0.25) is 0 Å². The molecule has 2 N–H and O–H groups in total. The first-order chi connectivity index (χ1) is 17.1. The molecule has 5 rings (SSSR count). The Kier molecular flexibility index (Phi) is 5.79. The molecular formula is C28H31N5O3. The summed E-state index contributed by atoms with van der Waals surface area (Å²) in [6.45, 7) is 6.24. The van der Waals surface area contributed by atoms with Gasteiger partial charge in [-0.15, -0.1) is 0 Å². The second kappa shape index (κ2) is 8.71. The molecule has 0 bridgehead atoms. The highest BCUT2D eigenvalue weighted by molar-refractivity contribution is 5.94. The number of hydrogen-bond acceptors (Lipinski definition) is 5. The van der Waals surface area contributed by atoms with E-state index in [1.54, 1.807) is 25.5 Å². The van der Waals surface area contributed by atoms with Crippen LogP contribution in [-0.2, 0) is 30.9 Å². The number of aliphatic hydroxyl groups excluding tert-OH is 1. The predicted octanol–water partition coefficient (Wildman–Crippen LogP) is 4.14. The van der Waals surface area contributed by atoms with Gasteiger partial charge in [-0.2, -0.15) is 0 Å². The van der Waals surface area contributed by atoms with Crippen LogP contribution in [0.4, 0.5) is 5.69 Å². The Bertz CT molecular complexity index is 1550. The van der Waals surface area contributed by atoms with Crippen molar-refractivity contribution in [1.29, 1.82) is 0 Å². The van der Waals surface area contributed by atoms with E-state index in [-0.39, 0.29) is 35.1 Å². The van der Waals surface area contributed by atoms with Gasteiger partial charge in [0.15, 0.2) is 5.82 Å². The minimum Gasteiger partial charge on any atom is -0.392 e. The Morgan fingerprint density at radius 3 is 2.58 bits per heavy atom. The molecule has 1 fully saturated rings. The lowest BCUT2D eigenvalue weighted by atomic mass is 9.87. The van der Waals surface area contributed by atoms with Gasteiger partial charge in [0, 0.05) is 43.5 Å². The number of fused-ring (bicyclic) bond motifs is 1. The monoisotopic (exact) mass is 485 g/mol. The third-order valence-corrected chi connectivity index (χ3v) is 6.87. The molecule has 1 aliphatic rings. The summed E-state index contributed by atoms with van der Waals surface area (Å²) in [6, 6.07) is 9.76. The van der Waals surface area contributed by atoms with Crippen LogP contribution in [0, 0.1) is 5.92 Å². The molecule has 0 saturated heterocycles. The maximum atomic E-state index is 12.7. The Labute approximate surface area is 209 Å². The summed E-state index contributed by atoms with van der Waals surface area (Å²) in [4.78, 5) is 34.5. The van der Waals surface area contributed by atoms with Crippen LogP contribution >= 0.6 is 0 Å². The molecule has 0 radical (unpaired) electrons. The summed E-state index contributed by atoms with van der Waals surface area (Å²) in [5.74, 6) is 0.501. The molecule has 1 aliphatic carbocycles. The fourth-order valence-electron chi connectivity index (χ4n) is 4.52. The number of aliphatic hydroxyl groups is 1. The van der Waals surface area contributed by atoms with E-state index in [0.717, 1.165) is 29.4 Å². The molecule has 3 heterocycles. The lowest BCUT2D eigenvalue weighted by molar-refractivity contribution is -0.117. The Hall–Kier alpha value is -3.78. The Balaban J connectivity index is 1.63. The Morgan fingerprint density at radius 1 is 1.17 bits per heavy atom. The molecule has 8 nitrogen and oxygen atoms in total. The van der Waals surface area contributed by atoms with Crippen LogP contribution in [0.5, 0.6) is 0 Å². The summed E-state index contributed by atoms with van der Waals surface area (Å²) in [6.07, 6.45) is 5.09. The highest BCUT2D eigenvalue weighted by Crippen LogP contribution is 2.34. The van der Waals surface area contributed by atoms with Crippen LogP contribution in [0.25, 0.3) is 33.7 Å². The molecule has 36 heavy (non-hydrogen) atoms. The molecule has 3 aromatic heterocycles. The first-order valence-electron chi connectivity index (χ1n) is 12.2. The number of imidazole rings is 1. The minimum absolute atomic E-state index is 0.00378. The second-order valence-corrected chi connectivity index (χ2v) is 10.6. The van der Waals surface area contributed by atoms with Gasteiger partial charge in [-0.3, -0.25) is 14.6 Å². The number of aryl methyl sites for hydroxylation is 2. The van der Waals surface area contributed by atoms with Crippen LogP contribution < -0.4 is 10.9 Å². The van der Waals surface area contributed by atoms with E-state index in [0.29, 0.717) is 22.6 Å². The number of benzene rings is 1. The third kappa shape index (κ3) is 4.22. The number of hydrogen-bond donors (Lipinski definition) is 2. The van der Waals surface area contributed by atoms with Gasteiger partial charge < -0.3 is 19.6 Å². The maximum absolute atomic E-state index is 12.7. The quantitative estimate of drug-likeness (QED) is 0.442. The summed E-state index contributed by atoms with van der Waals surface area (Å²) in [7, 11) is 3.59. The van der Waals surface area contributed by atoms with E-state index in [2.05, 4.69) is 49.3 Å². The number of carbonyl (C=O) groups is 1.